The van der Waals surface area contributed by atoms with Crippen molar-refractivity contribution < 1.29 is 5.11 Å². The number of aliphatic hydroxyl groups excluding tert-OH is 1. The van der Waals surface area contributed by atoms with Crippen LogP contribution in [0.1, 0.15) is 11.6 Å². The molecule has 19 heavy (non-hydrogen) atoms. The fourth-order valence-corrected chi connectivity index (χ4v) is 2.56. The van der Waals surface area contributed by atoms with Gasteiger partial charge in [-0.1, -0.05) is 29.8 Å². The van der Waals surface area contributed by atoms with Gasteiger partial charge in [-0.3, -0.25) is 0 Å². The lowest BCUT2D eigenvalue weighted by atomic mass is 10.1. The fourth-order valence-electron chi connectivity index (χ4n) is 1.73. The van der Waals surface area contributed by atoms with Gasteiger partial charge in [-0.25, -0.2) is 0 Å². The molecule has 1 atom stereocenters. The molecule has 0 aliphatic heterocycles. The zero-order valence-corrected chi connectivity index (χ0v) is 13.8. The Balaban J connectivity index is 2.25. The Morgan fingerprint density at radius 3 is 2.47 bits per heavy atom. The molecule has 0 fully saturated rings. The first-order valence-corrected chi connectivity index (χ1v) is 7.65. The summed E-state index contributed by atoms with van der Waals surface area (Å²) >= 11 is 13.0. The summed E-state index contributed by atoms with van der Waals surface area (Å²) in [5, 5.41) is 13.4. The Bertz CT molecular complexity index is 577. The van der Waals surface area contributed by atoms with E-state index >= 15 is 0 Å². The Hall–Kier alpha value is -0.550. The number of hydrogen-bond donors (Lipinski definition) is 2. The van der Waals surface area contributed by atoms with Crippen LogP contribution >= 0.6 is 43.5 Å². The summed E-state index contributed by atoms with van der Waals surface area (Å²) in [6.45, 7) is -0.0146. The Labute approximate surface area is 134 Å². The number of anilines is 1. The SMILES string of the molecule is OCC(Nc1ccccc1Cl)c1ccc(Br)c(Br)c1. The van der Waals surface area contributed by atoms with Crippen molar-refractivity contribution in [3.63, 3.8) is 0 Å². The van der Waals surface area contributed by atoms with Gasteiger partial charge < -0.3 is 10.4 Å². The molecule has 2 rings (SSSR count). The van der Waals surface area contributed by atoms with Crippen LogP contribution in [0.25, 0.3) is 0 Å². The lowest BCUT2D eigenvalue weighted by molar-refractivity contribution is 0.276. The number of para-hydroxylation sites is 1. The number of nitrogens with one attached hydrogen (secondary N) is 1. The van der Waals surface area contributed by atoms with Crippen molar-refractivity contribution in [2.24, 2.45) is 0 Å². The minimum Gasteiger partial charge on any atom is -0.394 e. The average molecular weight is 406 g/mol. The predicted octanol–water partition coefficient (Wildman–Crippen LogP) is 5.01. The van der Waals surface area contributed by atoms with Crippen LogP contribution in [0.3, 0.4) is 0 Å². The predicted molar refractivity (Wildman–Crippen MR) is 86.7 cm³/mol. The van der Waals surface area contributed by atoms with Crippen molar-refractivity contribution in [2.45, 2.75) is 6.04 Å². The lowest BCUT2D eigenvalue weighted by Crippen LogP contribution is -2.15. The van der Waals surface area contributed by atoms with E-state index < -0.39 is 0 Å². The van der Waals surface area contributed by atoms with Gasteiger partial charge in [-0.2, -0.15) is 0 Å². The third-order valence-electron chi connectivity index (χ3n) is 2.73. The molecule has 0 aliphatic rings. The molecule has 2 aromatic rings. The molecule has 0 saturated carbocycles. The molecule has 0 amide bonds. The van der Waals surface area contributed by atoms with Gasteiger partial charge in [0.05, 0.1) is 23.4 Å². The van der Waals surface area contributed by atoms with Crippen LogP contribution in [0.2, 0.25) is 5.02 Å². The third kappa shape index (κ3) is 3.72. The van der Waals surface area contributed by atoms with Crippen molar-refractivity contribution in [1.82, 2.24) is 0 Å². The van der Waals surface area contributed by atoms with Gasteiger partial charge in [0.1, 0.15) is 0 Å². The molecule has 100 valence electrons. The molecular weight excluding hydrogens is 393 g/mol. The number of hydrogen-bond acceptors (Lipinski definition) is 2. The van der Waals surface area contributed by atoms with E-state index in [0.717, 1.165) is 20.2 Å². The summed E-state index contributed by atoms with van der Waals surface area (Å²) in [7, 11) is 0. The van der Waals surface area contributed by atoms with Gasteiger partial charge in [0.2, 0.25) is 0 Å². The highest BCUT2D eigenvalue weighted by Gasteiger charge is 2.12. The third-order valence-corrected chi connectivity index (χ3v) is 4.94. The highest BCUT2D eigenvalue weighted by Crippen LogP contribution is 2.29. The highest BCUT2D eigenvalue weighted by atomic mass is 79.9. The van der Waals surface area contributed by atoms with Crippen molar-refractivity contribution in [2.75, 3.05) is 11.9 Å². The van der Waals surface area contributed by atoms with Gasteiger partial charge in [0.15, 0.2) is 0 Å². The first kappa shape index (κ1) is 14.9. The number of benzene rings is 2. The highest BCUT2D eigenvalue weighted by molar-refractivity contribution is 9.13. The van der Waals surface area contributed by atoms with Crippen LogP contribution in [0.15, 0.2) is 51.4 Å². The lowest BCUT2D eigenvalue weighted by Gasteiger charge is -2.19. The van der Waals surface area contributed by atoms with Crippen LogP contribution in [0, 0.1) is 0 Å². The summed E-state index contributed by atoms with van der Waals surface area (Å²) in [5.74, 6) is 0. The maximum atomic E-state index is 9.56. The second-order valence-electron chi connectivity index (χ2n) is 4.03. The molecule has 0 heterocycles. The largest absolute Gasteiger partial charge is 0.394 e. The van der Waals surface area contributed by atoms with E-state index in [-0.39, 0.29) is 12.6 Å². The van der Waals surface area contributed by atoms with Gasteiger partial charge in [-0.05, 0) is 61.7 Å². The molecular formula is C14H12Br2ClNO. The smallest absolute Gasteiger partial charge is 0.0745 e. The van der Waals surface area contributed by atoms with E-state index in [0.29, 0.717) is 5.02 Å². The molecule has 0 aliphatic carbocycles. The summed E-state index contributed by atoms with van der Waals surface area (Å²) in [4.78, 5) is 0. The quantitative estimate of drug-likeness (QED) is 0.749. The van der Waals surface area contributed by atoms with E-state index in [9.17, 15) is 5.11 Å². The maximum absolute atomic E-state index is 9.56. The van der Waals surface area contributed by atoms with Crippen molar-refractivity contribution in [1.29, 1.82) is 0 Å². The summed E-state index contributed by atoms with van der Waals surface area (Å²) < 4.78 is 1.93. The van der Waals surface area contributed by atoms with Crippen LogP contribution in [0.5, 0.6) is 0 Å². The van der Waals surface area contributed by atoms with Crippen molar-refractivity contribution in [3.8, 4) is 0 Å². The maximum Gasteiger partial charge on any atom is 0.0745 e. The van der Waals surface area contributed by atoms with Gasteiger partial charge in [0, 0.05) is 8.95 Å². The number of halogens is 3. The first-order chi connectivity index (χ1) is 9.11. The van der Waals surface area contributed by atoms with E-state index in [2.05, 4.69) is 37.2 Å². The van der Waals surface area contributed by atoms with Crippen molar-refractivity contribution >= 4 is 49.1 Å². The normalized spacial score (nSPS) is 12.2. The van der Waals surface area contributed by atoms with Crippen LogP contribution < -0.4 is 5.32 Å². The van der Waals surface area contributed by atoms with Gasteiger partial charge in [-0.15, -0.1) is 0 Å². The van der Waals surface area contributed by atoms with Gasteiger partial charge in [0.25, 0.3) is 0 Å². The second kappa shape index (κ2) is 6.75. The Morgan fingerprint density at radius 2 is 1.84 bits per heavy atom. The molecule has 2 aromatic carbocycles. The minimum atomic E-state index is -0.204. The molecule has 0 bridgehead atoms. The van der Waals surface area contributed by atoms with E-state index in [1.165, 1.54) is 0 Å². The Kier molecular flexibility index (Phi) is 5.28. The fraction of sp³-hybridized carbons (Fsp3) is 0.143. The van der Waals surface area contributed by atoms with E-state index in [4.69, 9.17) is 11.6 Å². The Morgan fingerprint density at radius 1 is 1.11 bits per heavy atom. The summed E-state index contributed by atoms with van der Waals surface area (Å²) in [6, 6.07) is 13.1. The molecule has 5 heteroatoms. The number of rotatable bonds is 4. The van der Waals surface area contributed by atoms with Crippen LogP contribution in [-0.2, 0) is 0 Å². The van der Waals surface area contributed by atoms with Gasteiger partial charge >= 0.3 is 0 Å². The van der Waals surface area contributed by atoms with Crippen LogP contribution in [-0.4, -0.2) is 11.7 Å². The minimum absolute atomic E-state index is 0.0146. The summed E-state index contributed by atoms with van der Waals surface area (Å²) in [5.41, 5.74) is 1.79. The van der Waals surface area contributed by atoms with Crippen molar-refractivity contribution in [3.05, 3.63) is 62.0 Å². The zero-order chi connectivity index (χ0) is 13.8. The first-order valence-electron chi connectivity index (χ1n) is 5.68. The second-order valence-corrected chi connectivity index (χ2v) is 6.15. The molecule has 0 saturated heterocycles. The monoisotopic (exact) mass is 403 g/mol. The van der Waals surface area contributed by atoms with E-state index in [1.807, 2.05) is 42.5 Å². The average Bonchev–Trinajstić information content (AvgIpc) is 2.41. The summed E-state index contributed by atoms with van der Waals surface area (Å²) in [6.07, 6.45) is 0. The molecule has 1 unspecified atom stereocenters. The van der Waals surface area contributed by atoms with E-state index in [1.54, 1.807) is 0 Å². The topological polar surface area (TPSA) is 32.3 Å². The molecule has 2 nitrogen and oxygen atoms in total. The molecule has 0 spiro atoms. The molecule has 0 radical (unpaired) electrons. The van der Waals surface area contributed by atoms with Crippen LogP contribution in [0.4, 0.5) is 5.69 Å². The standard InChI is InChI=1S/C14H12Br2ClNO/c15-10-6-5-9(7-11(10)16)14(8-19)18-13-4-2-1-3-12(13)17/h1-7,14,18-19H,8H2. The molecule has 2 N–H and O–H groups in total. The molecule has 0 aromatic heterocycles. The zero-order valence-electron chi connectivity index (χ0n) is 9.91. The number of aliphatic hydroxyl groups is 1.